The van der Waals surface area contributed by atoms with Gasteiger partial charge in [0.2, 0.25) is 0 Å². The quantitative estimate of drug-likeness (QED) is 0.0983. The van der Waals surface area contributed by atoms with E-state index in [0.717, 1.165) is 5.57 Å². The average molecular weight is 903 g/mol. The number of benzene rings is 4. The zero-order chi connectivity index (χ0) is 44.4. The van der Waals surface area contributed by atoms with Crippen LogP contribution in [0.15, 0.2) is 172 Å². The van der Waals surface area contributed by atoms with E-state index in [0.29, 0.717) is 72.5 Å². The summed E-state index contributed by atoms with van der Waals surface area (Å²) in [6, 6.07) is 29.9. The van der Waals surface area contributed by atoms with Crippen LogP contribution in [0.1, 0.15) is 44.0 Å². The van der Waals surface area contributed by atoms with Crippen molar-refractivity contribution in [3.8, 4) is 0 Å². The van der Waals surface area contributed by atoms with Crippen molar-refractivity contribution in [1.82, 2.24) is 20.6 Å². The molecule has 0 amide bonds. The summed E-state index contributed by atoms with van der Waals surface area (Å²) in [5.41, 5.74) is 7.50. The van der Waals surface area contributed by atoms with Crippen molar-refractivity contribution in [1.29, 1.82) is 0 Å². The molecule has 0 saturated carbocycles. The van der Waals surface area contributed by atoms with Gasteiger partial charge >= 0.3 is 5.97 Å². The molecule has 0 spiro atoms. The van der Waals surface area contributed by atoms with Crippen LogP contribution in [-0.2, 0) is 30.4 Å². The minimum Gasteiger partial charge on any atom is -0.478 e. The summed E-state index contributed by atoms with van der Waals surface area (Å²) >= 11 is 0. The lowest BCUT2D eigenvalue weighted by atomic mass is 9.97. The van der Waals surface area contributed by atoms with Crippen molar-refractivity contribution in [3.05, 3.63) is 207 Å². The normalized spacial score (nSPS) is 21.6. The second-order valence-corrected chi connectivity index (χ2v) is 19.1. The van der Waals surface area contributed by atoms with E-state index in [1.807, 2.05) is 48.6 Å². The van der Waals surface area contributed by atoms with Gasteiger partial charge in [-0.25, -0.2) is 4.79 Å². The number of nitrogens with one attached hydrogen (secondary N) is 4. The topological polar surface area (TPSA) is 256 Å². The minimum absolute atomic E-state index is 0.0917. The number of carboxylic acid groups (broad SMARTS) is 1. The van der Waals surface area contributed by atoms with Gasteiger partial charge in [0.15, 0.2) is 0 Å². The highest BCUT2D eigenvalue weighted by Gasteiger charge is 2.28. The molecule has 3 aliphatic rings. The number of rotatable bonds is 8. The summed E-state index contributed by atoms with van der Waals surface area (Å²) < 4.78 is 102. The summed E-state index contributed by atoms with van der Waals surface area (Å²) in [6.45, 7) is 0. The van der Waals surface area contributed by atoms with Gasteiger partial charge in [0.25, 0.3) is 30.4 Å². The van der Waals surface area contributed by atoms with E-state index >= 15 is 0 Å². The number of H-pyrrole nitrogens is 2. The number of fused-ring (bicyclic) bond motifs is 8. The van der Waals surface area contributed by atoms with Crippen molar-refractivity contribution >= 4 is 58.6 Å². The van der Waals surface area contributed by atoms with Crippen molar-refractivity contribution in [2.24, 2.45) is 0 Å². The van der Waals surface area contributed by atoms with E-state index in [2.05, 4.69) is 20.6 Å². The van der Waals surface area contributed by atoms with E-state index < -0.39 is 48.4 Å². The molecule has 15 nitrogen and oxygen atoms in total. The maximum atomic E-state index is 12.0. The largest absolute Gasteiger partial charge is 0.478 e. The van der Waals surface area contributed by atoms with Gasteiger partial charge in [-0.2, -0.15) is 25.3 Å². The third-order valence-corrected chi connectivity index (χ3v) is 13.6. The Morgan fingerprint density at radius 1 is 0.444 bits per heavy atom. The van der Waals surface area contributed by atoms with Gasteiger partial charge in [0, 0.05) is 55.8 Å². The van der Waals surface area contributed by atoms with Gasteiger partial charge in [-0.15, -0.1) is 0 Å². The molecule has 2 atom stereocenters. The number of carboxylic acids is 1. The fourth-order valence-electron chi connectivity index (χ4n) is 8.06. The number of carbonyl (C=O) groups is 1. The molecular weight excluding hydrogens is 869 g/mol. The van der Waals surface area contributed by atoms with Gasteiger partial charge in [-0.05, 0) is 107 Å². The lowest BCUT2D eigenvalue weighted by molar-refractivity contribution is 0.0696. The second kappa shape index (κ2) is 15.4. The van der Waals surface area contributed by atoms with Crippen LogP contribution < -0.4 is 21.3 Å². The van der Waals surface area contributed by atoms with Gasteiger partial charge in [-0.3, -0.25) is 13.7 Å². The molecule has 5 heterocycles. The van der Waals surface area contributed by atoms with Crippen molar-refractivity contribution in [2.75, 3.05) is 0 Å². The lowest BCUT2D eigenvalue weighted by Crippen LogP contribution is -2.31. The zero-order valence-corrected chi connectivity index (χ0v) is 34.8. The van der Waals surface area contributed by atoms with Gasteiger partial charge in [0.05, 0.1) is 32.3 Å². The summed E-state index contributed by atoms with van der Waals surface area (Å²) in [5.74, 6) is -1.09. The van der Waals surface area contributed by atoms with Crippen molar-refractivity contribution in [3.63, 3.8) is 0 Å². The highest BCUT2D eigenvalue weighted by Crippen LogP contribution is 2.36. The molecule has 8 N–H and O–H groups in total. The highest BCUT2D eigenvalue weighted by atomic mass is 32.2. The van der Waals surface area contributed by atoms with Gasteiger partial charge in [-0.1, -0.05) is 60.7 Å². The van der Waals surface area contributed by atoms with Crippen LogP contribution in [0, 0.1) is 0 Å². The maximum absolute atomic E-state index is 12.0. The fraction of sp³-hybridized carbons (Fsp3) is 0.0444. The Hall–Kier alpha value is -7.06. The zero-order valence-electron chi connectivity index (χ0n) is 32.4. The van der Waals surface area contributed by atoms with E-state index in [4.69, 9.17) is 0 Å². The Balaban J connectivity index is 1.33. The molecule has 0 aliphatic carbocycles. The molecule has 4 aromatic carbocycles. The molecule has 8 bridgehead atoms. The third kappa shape index (κ3) is 7.98. The second-order valence-electron chi connectivity index (χ2n) is 14.8. The first-order valence-corrected chi connectivity index (χ1v) is 23.3. The summed E-state index contributed by atoms with van der Waals surface area (Å²) in [5, 5.41) is 18.2. The van der Waals surface area contributed by atoms with Gasteiger partial charge < -0.3 is 25.7 Å². The van der Waals surface area contributed by atoms with E-state index in [1.165, 1.54) is 48.5 Å². The summed E-state index contributed by atoms with van der Waals surface area (Å²) in [6.07, 6.45) is 7.56. The third-order valence-electron chi connectivity index (χ3n) is 11.0. The first kappa shape index (κ1) is 41.3. The average Bonchev–Trinajstić information content (AvgIpc) is 4.09. The molecule has 3 aliphatic heterocycles. The van der Waals surface area contributed by atoms with Crippen LogP contribution in [0.2, 0.25) is 0 Å². The predicted octanol–water partition coefficient (Wildman–Crippen LogP) is 4.47. The van der Waals surface area contributed by atoms with Crippen LogP contribution >= 0.6 is 0 Å². The predicted molar refractivity (Wildman–Crippen MR) is 232 cm³/mol. The van der Waals surface area contributed by atoms with E-state index in [-0.39, 0.29) is 20.2 Å². The number of hydrogen-bond donors (Lipinski definition) is 8. The monoisotopic (exact) mass is 902 g/mol. The highest BCUT2D eigenvalue weighted by molar-refractivity contribution is 7.86. The Morgan fingerprint density at radius 3 is 1.14 bits per heavy atom. The molecule has 6 aromatic rings. The van der Waals surface area contributed by atoms with Crippen LogP contribution in [0.4, 0.5) is 0 Å². The molecule has 18 heteroatoms. The number of allylic oxidation sites excluding steroid dienone is 2. The van der Waals surface area contributed by atoms with Crippen LogP contribution in [0.25, 0.3) is 22.3 Å². The van der Waals surface area contributed by atoms with E-state index in [9.17, 15) is 48.8 Å². The number of hydrogen-bond acceptors (Lipinski definition) is 9. The van der Waals surface area contributed by atoms with Crippen LogP contribution in [0.5, 0.6) is 0 Å². The Morgan fingerprint density at radius 2 is 0.794 bits per heavy atom. The summed E-state index contributed by atoms with van der Waals surface area (Å²) in [7, 11) is -13.5. The lowest BCUT2D eigenvalue weighted by Gasteiger charge is -2.20. The number of aromatic carboxylic acids is 1. The molecule has 63 heavy (non-hydrogen) atoms. The standard InChI is InChI=1S/C45H34N4O11S3/c50-45(51)29-3-1-25(2-4-29)41-33-17-19-35(46-33)42(26-5-11-30(12-6-26)61(52,53)54)37-21-23-39(48-37)44(28-9-15-32(16-10-28)63(58,59)60)40-24-22-38(49-40)43(36-20-18-34(41)47-36)27-7-13-31(14-8-27)62(55,56)57/h1-24,33,38,46-49H,(H,50,51)(H,52,53,54)(H,55,56,57)(H,58,59,60)/b41-34-,42-35-,43-36-,44-40-. The maximum Gasteiger partial charge on any atom is 0.335 e. The molecule has 2 unspecified atom stereocenters. The molecule has 2 aromatic heterocycles. The first-order chi connectivity index (χ1) is 29.9. The van der Waals surface area contributed by atoms with Crippen LogP contribution in [-0.4, -0.2) is 72.0 Å². The van der Waals surface area contributed by atoms with Crippen molar-refractivity contribution < 1.29 is 48.8 Å². The Bertz CT molecular complexity index is 3480. The molecular formula is C45H34N4O11S3. The molecule has 318 valence electrons. The summed E-state index contributed by atoms with van der Waals surface area (Å²) in [4.78, 5) is 18.0. The van der Waals surface area contributed by atoms with E-state index in [1.54, 1.807) is 48.5 Å². The number of aromatic amines is 2. The molecule has 9 rings (SSSR count). The molecule has 0 fully saturated rings. The molecule has 0 saturated heterocycles. The number of aromatic nitrogens is 2. The first-order valence-electron chi connectivity index (χ1n) is 19.0. The van der Waals surface area contributed by atoms with Crippen molar-refractivity contribution in [2.45, 2.75) is 26.8 Å². The fourth-order valence-corrected chi connectivity index (χ4v) is 9.50. The van der Waals surface area contributed by atoms with Crippen LogP contribution in [0.3, 0.4) is 0 Å². The Kier molecular flexibility index (Phi) is 10.1. The van der Waals surface area contributed by atoms with Gasteiger partial charge in [0.1, 0.15) is 0 Å². The smallest absolute Gasteiger partial charge is 0.335 e. The SMILES string of the molecule is O=C(O)c1ccc(/C2=c3\cc/c([nH]3)=C(\c3ccc(S(=O)(=O)O)cc3)C3C=C/C(=C(\c4ccc(S(=O)(=O)O)cc4)c4ccc([nH]4)/C(c4ccc(S(=O)(=O)O)cc4)=C4/C=CC2N4)N3)cc1. The molecule has 0 radical (unpaired) electrons. The minimum atomic E-state index is -4.52. The Labute approximate surface area is 360 Å².